The Labute approximate surface area is 202 Å². The topological polar surface area (TPSA) is 109 Å². The Kier molecular flexibility index (Phi) is 5.65. The molecule has 0 N–H and O–H groups in total. The zero-order valence-corrected chi connectivity index (χ0v) is 20.0. The SMILES string of the molecule is COC(=O)c1cc(C)nc2c1c(=O)n(Cc1nc(-c3cccs3)oc1C)c(=O)n2-c1ccccc1. The average Bonchev–Trinajstić information content (AvgIpc) is 3.51. The number of esters is 1. The Morgan fingerprint density at radius 2 is 1.86 bits per heavy atom. The number of aromatic nitrogens is 4. The van der Waals surface area contributed by atoms with Gasteiger partial charge in [-0.05, 0) is 43.5 Å². The molecule has 0 atom stereocenters. The molecule has 1 aromatic carbocycles. The van der Waals surface area contributed by atoms with Crippen molar-refractivity contribution in [2.45, 2.75) is 20.4 Å². The van der Waals surface area contributed by atoms with Crippen molar-refractivity contribution in [2.24, 2.45) is 0 Å². The number of rotatable bonds is 5. The van der Waals surface area contributed by atoms with Crippen molar-refractivity contribution in [3.05, 3.63) is 97.5 Å². The maximum Gasteiger partial charge on any atom is 0.338 e. The molecule has 0 aliphatic carbocycles. The van der Waals surface area contributed by atoms with Gasteiger partial charge in [0.2, 0.25) is 5.89 Å². The van der Waals surface area contributed by atoms with E-state index in [2.05, 4.69) is 9.97 Å². The van der Waals surface area contributed by atoms with Crippen LogP contribution in [0, 0.1) is 13.8 Å². The quantitative estimate of drug-likeness (QED) is 0.347. The highest BCUT2D eigenvalue weighted by atomic mass is 32.1. The number of pyridine rings is 1. The van der Waals surface area contributed by atoms with Crippen LogP contribution in [0.5, 0.6) is 0 Å². The van der Waals surface area contributed by atoms with Crippen LogP contribution in [0.25, 0.3) is 27.5 Å². The zero-order valence-electron chi connectivity index (χ0n) is 19.1. The number of para-hydroxylation sites is 1. The van der Waals surface area contributed by atoms with Gasteiger partial charge in [-0.3, -0.25) is 9.36 Å². The number of nitrogens with zero attached hydrogens (tertiary/aromatic N) is 4. The summed E-state index contributed by atoms with van der Waals surface area (Å²) in [6, 6.07) is 14.1. The predicted octanol–water partition coefficient (Wildman–Crippen LogP) is 3.72. The fraction of sp³-hybridized carbons (Fsp3) is 0.160. The predicted molar refractivity (Wildman–Crippen MR) is 131 cm³/mol. The lowest BCUT2D eigenvalue weighted by atomic mass is 10.1. The number of carbonyl (C=O) groups is 1. The van der Waals surface area contributed by atoms with E-state index < -0.39 is 17.2 Å². The largest absolute Gasteiger partial charge is 0.465 e. The average molecular weight is 489 g/mol. The van der Waals surface area contributed by atoms with E-state index in [1.54, 1.807) is 38.1 Å². The Morgan fingerprint density at radius 1 is 1.09 bits per heavy atom. The summed E-state index contributed by atoms with van der Waals surface area (Å²) in [4.78, 5) is 49.8. The Hall–Kier alpha value is -4.31. The maximum absolute atomic E-state index is 13.7. The summed E-state index contributed by atoms with van der Waals surface area (Å²) in [7, 11) is 1.24. The van der Waals surface area contributed by atoms with Gasteiger partial charge < -0.3 is 9.15 Å². The third-order valence-electron chi connectivity index (χ3n) is 5.57. The molecule has 0 aliphatic heterocycles. The van der Waals surface area contributed by atoms with E-state index in [1.165, 1.54) is 29.1 Å². The molecule has 10 heteroatoms. The minimum Gasteiger partial charge on any atom is -0.465 e. The molecule has 0 aliphatic rings. The van der Waals surface area contributed by atoms with Crippen LogP contribution >= 0.6 is 11.3 Å². The van der Waals surface area contributed by atoms with Crippen molar-refractivity contribution in [2.75, 3.05) is 7.11 Å². The van der Waals surface area contributed by atoms with Crippen LogP contribution in [0.15, 0.2) is 67.9 Å². The van der Waals surface area contributed by atoms with Crippen LogP contribution in [0.3, 0.4) is 0 Å². The first-order valence-corrected chi connectivity index (χ1v) is 11.6. The van der Waals surface area contributed by atoms with Gasteiger partial charge in [0.15, 0.2) is 5.65 Å². The normalized spacial score (nSPS) is 11.2. The van der Waals surface area contributed by atoms with Crippen molar-refractivity contribution in [3.63, 3.8) is 0 Å². The van der Waals surface area contributed by atoms with Gasteiger partial charge in [0.05, 0.1) is 35.2 Å². The van der Waals surface area contributed by atoms with Gasteiger partial charge in [0.25, 0.3) is 5.56 Å². The maximum atomic E-state index is 13.7. The zero-order chi connectivity index (χ0) is 24.7. The summed E-state index contributed by atoms with van der Waals surface area (Å²) in [5, 5.41) is 1.90. The molecule has 4 aromatic heterocycles. The van der Waals surface area contributed by atoms with Crippen LogP contribution < -0.4 is 11.2 Å². The van der Waals surface area contributed by atoms with E-state index in [1.807, 2.05) is 23.6 Å². The van der Waals surface area contributed by atoms with Gasteiger partial charge in [0, 0.05) is 5.69 Å². The van der Waals surface area contributed by atoms with Crippen molar-refractivity contribution in [1.82, 2.24) is 19.1 Å². The minimum atomic E-state index is -0.694. The smallest absolute Gasteiger partial charge is 0.338 e. The van der Waals surface area contributed by atoms with E-state index in [9.17, 15) is 14.4 Å². The molecule has 9 nitrogen and oxygen atoms in total. The number of hydrogen-bond donors (Lipinski definition) is 0. The fourth-order valence-electron chi connectivity index (χ4n) is 3.91. The number of carbonyl (C=O) groups excluding carboxylic acids is 1. The Morgan fingerprint density at radius 3 is 2.54 bits per heavy atom. The minimum absolute atomic E-state index is 0.00877. The molecule has 5 rings (SSSR count). The first-order valence-electron chi connectivity index (χ1n) is 10.7. The Balaban J connectivity index is 1.81. The van der Waals surface area contributed by atoms with Crippen LogP contribution in [-0.4, -0.2) is 32.2 Å². The number of thiophene rings is 1. The fourth-order valence-corrected chi connectivity index (χ4v) is 4.56. The Bertz CT molecular complexity index is 1680. The highest BCUT2D eigenvalue weighted by Gasteiger charge is 2.24. The molecule has 0 saturated carbocycles. The van der Waals surface area contributed by atoms with Crippen molar-refractivity contribution in [3.8, 4) is 16.5 Å². The van der Waals surface area contributed by atoms with E-state index in [0.717, 1.165) is 9.44 Å². The van der Waals surface area contributed by atoms with Crippen molar-refractivity contribution in [1.29, 1.82) is 0 Å². The summed E-state index contributed by atoms with van der Waals surface area (Å²) < 4.78 is 13.1. The molecule has 5 aromatic rings. The van der Waals surface area contributed by atoms with E-state index in [-0.39, 0.29) is 23.1 Å². The van der Waals surface area contributed by atoms with Crippen molar-refractivity contribution < 1.29 is 13.9 Å². The van der Waals surface area contributed by atoms with E-state index in [0.29, 0.717) is 28.7 Å². The van der Waals surface area contributed by atoms with Crippen LogP contribution in [0.1, 0.15) is 27.5 Å². The second kappa shape index (κ2) is 8.80. The lowest BCUT2D eigenvalue weighted by Crippen LogP contribution is -2.41. The van der Waals surface area contributed by atoms with Crippen molar-refractivity contribution >= 4 is 28.3 Å². The molecular weight excluding hydrogens is 468 g/mol. The second-order valence-corrected chi connectivity index (χ2v) is 8.79. The molecule has 35 heavy (non-hydrogen) atoms. The third kappa shape index (κ3) is 3.87. The van der Waals surface area contributed by atoms with E-state index >= 15 is 0 Å². The monoisotopic (exact) mass is 488 g/mol. The van der Waals surface area contributed by atoms with Crippen LogP contribution in [0.2, 0.25) is 0 Å². The molecule has 4 heterocycles. The number of methoxy groups -OCH3 is 1. The van der Waals surface area contributed by atoms with Gasteiger partial charge in [-0.25, -0.2) is 24.1 Å². The second-order valence-electron chi connectivity index (χ2n) is 7.85. The van der Waals surface area contributed by atoms with Crippen LogP contribution in [0.4, 0.5) is 0 Å². The summed E-state index contributed by atoms with van der Waals surface area (Å²) in [6.45, 7) is 3.27. The molecule has 0 fully saturated rings. The van der Waals surface area contributed by atoms with Gasteiger partial charge >= 0.3 is 11.7 Å². The lowest BCUT2D eigenvalue weighted by molar-refractivity contribution is 0.0602. The molecule has 176 valence electrons. The molecule has 0 saturated heterocycles. The standard InChI is InChI=1S/C25H20N4O5S/c1-14-12-17(24(31)33-3)20-21(26-14)29(16-8-5-4-6-9-16)25(32)28(23(20)30)13-18-15(2)34-22(27-18)19-10-7-11-35-19/h4-12H,13H2,1-3H3. The number of oxazole rings is 1. The number of fused-ring (bicyclic) bond motifs is 1. The highest BCUT2D eigenvalue weighted by Crippen LogP contribution is 2.26. The third-order valence-corrected chi connectivity index (χ3v) is 6.43. The summed E-state index contributed by atoms with van der Waals surface area (Å²) >= 11 is 1.47. The van der Waals surface area contributed by atoms with Gasteiger partial charge in [-0.1, -0.05) is 24.3 Å². The van der Waals surface area contributed by atoms with Gasteiger partial charge in [-0.2, -0.15) is 0 Å². The number of benzene rings is 1. The first-order chi connectivity index (χ1) is 16.9. The highest BCUT2D eigenvalue weighted by molar-refractivity contribution is 7.13. The molecular formula is C25H20N4O5S. The van der Waals surface area contributed by atoms with Gasteiger partial charge in [-0.15, -0.1) is 11.3 Å². The molecule has 0 spiro atoms. The summed E-state index contributed by atoms with van der Waals surface area (Å²) in [6.07, 6.45) is 0. The summed E-state index contributed by atoms with van der Waals surface area (Å²) in [5.41, 5.74) is 0.251. The lowest BCUT2D eigenvalue weighted by Gasteiger charge is -2.15. The molecule has 0 bridgehead atoms. The van der Waals surface area contributed by atoms with Crippen LogP contribution in [-0.2, 0) is 11.3 Å². The number of ether oxygens (including phenoxy) is 1. The van der Waals surface area contributed by atoms with E-state index in [4.69, 9.17) is 9.15 Å². The number of aryl methyl sites for hydroxylation is 2. The summed E-state index contributed by atoms with van der Waals surface area (Å²) in [5.74, 6) is 0.207. The van der Waals surface area contributed by atoms with Gasteiger partial charge in [0.1, 0.15) is 11.5 Å². The molecule has 0 radical (unpaired) electrons. The molecule has 0 amide bonds. The first kappa shape index (κ1) is 22.5. The number of hydrogen-bond acceptors (Lipinski definition) is 8. The molecule has 0 unspecified atom stereocenters.